The van der Waals surface area contributed by atoms with Crippen LogP contribution in [0.5, 0.6) is 0 Å². The minimum atomic E-state index is -0.186. The Kier molecular flexibility index (Phi) is 8.15. The van der Waals surface area contributed by atoms with Crippen molar-refractivity contribution in [2.45, 2.75) is 63.2 Å². The Balaban J connectivity index is 1.00. The molecule has 0 aliphatic heterocycles. The fourth-order valence-corrected chi connectivity index (χ4v) is 13.0. The van der Waals surface area contributed by atoms with Crippen molar-refractivity contribution in [3.05, 3.63) is 199 Å². The van der Waals surface area contributed by atoms with Crippen LogP contribution in [0.1, 0.15) is 69.1 Å². The highest BCUT2D eigenvalue weighted by molar-refractivity contribution is 6.09. The lowest BCUT2D eigenvalue weighted by Crippen LogP contribution is -2.48. The summed E-state index contributed by atoms with van der Waals surface area (Å²) < 4.78 is 0. The van der Waals surface area contributed by atoms with E-state index in [-0.39, 0.29) is 5.41 Å². The normalized spacial score (nSPS) is 21.8. The first-order valence-corrected chi connectivity index (χ1v) is 22.3. The third kappa shape index (κ3) is 5.58. The second kappa shape index (κ2) is 13.7. The summed E-state index contributed by atoms with van der Waals surface area (Å²) >= 11 is 0. The second-order valence-corrected chi connectivity index (χ2v) is 19.1. The van der Waals surface area contributed by atoms with Crippen LogP contribution in [0.3, 0.4) is 0 Å². The molecule has 0 saturated heterocycles. The number of anilines is 3. The molecule has 0 atom stereocenters. The van der Waals surface area contributed by atoms with Crippen molar-refractivity contribution in [1.29, 1.82) is 0 Å². The fourth-order valence-electron chi connectivity index (χ4n) is 13.0. The van der Waals surface area contributed by atoms with E-state index < -0.39 is 0 Å². The molecule has 0 N–H and O–H groups in total. The number of para-hydroxylation sites is 1. The maximum Gasteiger partial charge on any atom is 0.0540 e. The topological polar surface area (TPSA) is 3.24 Å². The van der Waals surface area contributed by atoms with Gasteiger partial charge in [0.1, 0.15) is 0 Å². The standard InChI is InChI=1S/C59H51N/c1-58(2)53-22-8-6-17-49(53)52-21-12-24-55(57(52)58)60(54-23-9-7-18-50(54)51-20-11-16-45-15-10-19-48(56(45)51)44-13-4-3-5-14-44)47-31-27-43(28-32-47)42-25-29-46(30-26-42)59-36-39-33-40(37-59)35-41(34-39)38-59/h3-32,39-41H,33-38H2,1-2H3. The van der Waals surface area contributed by atoms with E-state index in [1.807, 2.05) is 0 Å². The van der Waals surface area contributed by atoms with E-state index in [1.54, 1.807) is 5.56 Å². The van der Waals surface area contributed by atoms with Crippen molar-refractivity contribution in [3.8, 4) is 44.5 Å². The molecule has 4 bridgehead atoms. The van der Waals surface area contributed by atoms with Gasteiger partial charge in [0.25, 0.3) is 0 Å². The van der Waals surface area contributed by atoms with Gasteiger partial charge in [-0.3, -0.25) is 0 Å². The molecule has 60 heavy (non-hydrogen) atoms. The van der Waals surface area contributed by atoms with Crippen LogP contribution in [-0.4, -0.2) is 0 Å². The van der Waals surface area contributed by atoms with Crippen molar-refractivity contribution >= 4 is 27.8 Å². The van der Waals surface area contributed by atoms with Crippen LogP contribution in [0.25, 0.3) is 55.3 Å². The largest absolute Gasteiger partial charge is 0.310 e. The molecule has 1 heteroatoms. The van der Waals surface area contributed by atoms with Crippen LogP contribution in [0.4, 0.5) is 17.1 Å². The third-order valence-corrected chi connectivity index (χ3v) is 15.2. The number of hydrogen-bond donors (Lipinski definition) is 0. The second-order valence-electron chi connectivity index (χ2n) is 19.1. The Morgan fingerprint density at radius 1 is 0.417 bits per heavy atom. The maximum atomic E-state index is 2.55. The highest BCUT2D eigenvalue weighted by Gasteiger charge is 2.51. The van der Waals surface area contributed by atoms with Gasteiger partial charge in [0.2, 0.25) is 0 Å². The lowest BCUT2D eigenvalue weighted by molar-refractivity contribution is -0.00518. The Labute approximate surface area is 355 Å². The first kappa shape index (κ1) is 35.7. The van der Waals surface area contributed by atoms with Crippen molar-refractivity contribution < 1.29 is 0 Å². The van der Waals surface area contributed by atoms with Crippen LogP contribution in [0, 0.1) is 17.8 Å². The summed E-state index contributed by atoms with van der Waals surface area (Å²) in [6.07, 6.45) is 8.67. The number of hydrogen-bond acceptors (Lipinski definition) is 1. The van der Waals surface area contributed by atoms with Crippen LogP contribution < -0.4 is 4.90 Å². The Morgan fingerprint density at radius 2 is 0.950 bits per heavy atom. The summed E-state index contributed by atoms with van der Waals surface area (Å²) in [5.74, 6) is 2.86. The van der Waals surface area contributed by atoms with Crippen LogP contribution >= 0.6 is 0 Å². The van der Waals surface area contributed by atoms with E-state index in [2.05, 4.69) is 201 Å². The maximum absolute atomic E-state index is 2.55. The van der Waals surface area contributed by atoms with Gasteiger partial charge < -0.3 is 4.90 Å². The molecule has 0 radical (unpaired) electrons. The predicted octanol–water partition coefficient (Wildman–Crippen LogP) is 16.1. The Morgan fingerprint density at radius 3 is 1.65 bits per heavy atom. The van der Waals surface area contributed by atoms with Gasteiger partial charge >= 0.3 is 0 Å². The van der Waals surface area contributed by atoms with Crippen molar-refractivity contribution in [1.82, 2.24) is 0 Å². The highest BCUT2D eigenvalue weighted by Crippen LogP contribution is 2.61. The van der Waals surface area contributed by atoms with E-state index in [0.29, 0.717) is 5.41 Å². The molecule has 5 aliphatic carbocycles. The van der Waals surface area contributed by atoms with Gasteiger partial charge in [0.05, 0.1) is 11.4 Å². The van der Waals surface area contributed by atoms with E-state index in [0.717, 1.165) is 23.4 Å². The fraction of sp³-hybridized carbons (Fsp3) is 0.220. The monoisotopic (exact) mass is 773 g/mol. The van der Waals surface area contributed by atoms with Gasteiger partial charge in [-0.1, -0.05) is 172 Å². The first-order valence-electron chi connectivity index (χ1n) is 22.3. The summed E-state index contributed by atoms with van der Waals surface area (Å²) in [5, 5.41) is 2.52. The lowest BCUT2D eigenvalue weighted by Gasteiger charge is -2.57. The van der Waals surface area contributed by atoms with Crippen LogP contribution in [-0.2, 0) is 10.8 Å². The Bertz CT molecular complexity index is 2880. The molecule has 0 amide bonds. The molecule has 4 saturated carbocycles. The van der Waals surface area contributed by atoms with Crippen LogP contribution in [0.2, 0.25) is 0 Å². The van der Waals surface area contributed by atoms with Crippen molar-refractivity contribution in [3.63, 3.8) is 0 Å². The van der Waals surface area contributed by atoms with Gasteiger partial charge in [-0.25, -0.2) is 0 Å². The summed E-state index contributed by atoms with van der Waals surface area (Å²) in [6.45, 7) is 4.80. The minimum Gasteiger partial charge on any atom is -0.310 e. The number of benzene rings is 8. The summed E-state index contributed by atoms with van der Waals surface area (Å²) in [6, 6.07) is 68.5. The smallest absolute Gasteiger partial charge is 0.0540 e. The predicted molar refractivity (Wildman–Crippen MR) is 252 cm³/mol. The van der Waals surface area contributed by atoms with E-state index in [4.69, 9.17) is 0 Å². The van der Waals surface area contributed by atoms with E-state index >= 15 is 0 Å². The number of rotatable bonds is 7. The number of nitrogens with zero attached hydrogens (tertiary/aromatic N) is 1. The third-order valence-electron chi connectivity index (χ3n) is 15.2. The SMILES string of the molecule is CC1(C)c2ccccc2-c2cccc(N(c3ccc(-c4ccc(C56CC7CC(CC(C7)C5)C6)cc4)cc3)c3ccccc3-c3cccc4cccc(-c5ccccc5)c34)c21. The van der Waals surface area contributed by atoms with Crippen LogP contribution in [0.15, 0.2) is 182 Å². The molecule has 1 nitrogen and oxygen atoms in total. The van der Waals surface area contributed by atoms with E-state index in [1.165, 1.54) is 116 Å². The molecule has 8 aromatic carbocycles. The molecule has 8 aromatic rings. The highest BCUT2D eigenvalue weighted by atomic mass is 15.1. The molecule has 4 fully saturated rings. The average molecular weight is 774 g/mol. The lowest BCUT2D eigenvalue weighted by atomic mass is 9.48. The quantitative estimate of drug-likeness (QED) is 0.156. The van der Waals surface area contributed by atoms with Gasteiger partial charge in [0, 0.05) is 16.7 Å². The average Bonchev–Trinajstić information content (AvgIpc) is 3.53. The first-order chi connectivity index (χ1) is 29.4. The zero-order valence-electron chi connectivity index (χ0n) is 34.7. The minimum absolute atomic E-state index is 0.186. The van der Waals surface area contributed by atoms with Gasteiger partial charge in [-0.15, -0.1) is 0 Å². The van der Waals surface area contributed by atoms with Crippen molar-refractivity contribution in [2.24, 2.45) is 17.8 Å². The zero-order valence-corrected chi connectivity index (χ0v) is 34.7. The van der Waals surface area contributed by atoms with Gasteiger partial charge in [-0.05, 0) is 152 Å². The molecule has 292 valence electrons. The molecule has 13 rings (SSSR count). The summed E-state index contributed by atoms with van der Waals surface area (Å²) in [4.78, 5) is 2.55. The molecule has 5 aliphatic rings. The molecular formula is C59H51N. The molecule has 0 heterocycles. The molecule has 0 spiro atoms. The number of fused-ring (bicyclic) bond motifs is 4. The molecular weight excluding hydrogens is 723 g/mol. The summed E-state index contributed by atoms with van der Waals surface area (Å²) in [7, 11) is 0. The van der Waals surface area contributed by atoms with Gasteiger partial charge in [0.15, 0.2) is 0 Å². The van der Waals surface area contributed by atoms with Crippen molar-refractivity contribution in [2.75, 3.05) is 4.90 Å². The van der Waals surface area contributed by atoms with Gasteiger partial charge in [-0.2, -0.15) is 0 Å². The molecule has 0 unspecified atom stereocenters. The van der Waals surface area contributed by atoms with E-state index in [9.17, 15) is 0 Å². The molecule has 0 aromatic heterocycles. The Hall–Kier alpha value is -6.18. The zero-order chi connectivity index (χ0) is 40.0. The summed E-state index contributed by atoms with van der Waals surface area (Å²) in [5.41, 5.74) is 18.3.